The van der Waals surface area contributed by atoms with Crippen molar-refractivity contribution in [3.05, 3.63) is 34.7 Å². The predicted molar refractivity (Wildman–Crippen MR) is 69.6 cm³/mol. The van der Waals surface area contributed by atoms with Gasteiger partial charge >= 0.3 is 0 Å². The summed E-state index contributed by atoms with van der Waals surface area (Å²) < 4.78 is 7.97. The predicted octanol–water partition coefficient (Wildman–Crippen LogP) is 1.57. The summed E-state index contributed by atoms with van der Waals surface area (Å²) in [5, 5.41) is 0. The van der Waals surface area contributed by atoms with E-state index in [0.717, 1.165) is 4.47 Å². The molecule has 3 rings (SSSR count). The largest absolute Gasteiger partial charge is 0.378 e. The van der Waals surface area contributed by atoms with E-state index in [1.165, 1.54) is 0 Å². The second kappa shape index (κ2) is 4.70. The van der Waals surface area contributed by atoms with Crippen LogP contribution in [0.15, 0.2) is 29.1 Å². The first-order chi connectivity index (χ1) is 8.75. The molecule has 0 atom stereocenters. The number of amides is 1. The molecule has 0 bridgehead atoms. The van der Waals surface area contributed by atoms with Crippen LogP contribution in [-0.4, -0.2) is 46.5 Å². The molecule has 1 saturated heterocycles. The number of rotatable bonds is 1. The minimum Gasteiger partial charge on any atom is -0.378 e. The Labute approximate surface area is 112 Å². The van der Waals surface area contributed by atoms with Gasteiger partial charge < -0.3 is 14.0 Å². The molecule has 1 amide bonds. The van der Waals surface area contributed by atoms with Gasteiger partial charge in [0.1, 0.15) is 5.65 Å². The third kappa shape index (κ3) is 2.02. The van der Waals surface area contributed by atoms with Crippen LogP contribution < -0.4 is 0 Å². The van der Waals surface area contributed by atoms with E-state index in [2.05, 4.69) is 20.9 Å². The number of hydrogen-bond acceptors (Lipinski definition) is 3. The van der Waals surface area contributed by atoms with Gasteiger partial charge in [0, 0.05) is 36.2 Å². The van der Waals surface area contributed by atoms with Gasteiger partial charge in [-0.2, -0.15) is 0 Å². The van der Waals surface area contributed by atoms with Crippen LogP contribution in [0.25, 0.3) is 5.65 Å². The molecule has 18 heavy (non-hydrogen) atoms. The zero-order valence-electron chi connectivity index (χ0n) is 9.67. The SMILES string of the molecule is O=C(c1cc(Br)cn2ccnc12)N1CCOCC1. The number of ether oxygens (including phenoxy) is 1. The van der Waals surface area contributed by atoms with Crippen LogP contribution >= 0.6 is 15.9 Å². The lowest BCUT2D eigenvalue weighted by molar-refractivity contribution is 0.0303. The number of morpholine rings is 1. The van der Waals surface area contributed by atoms with Gasteiger partial charge in [-0.1, -0.05) is 0 Å². The fourth-order valence-electron chi connectivity index (χ4n) is 2.09. The Balaban J connectivity index is 2.02. The third-order valence-electron chi connectivity index (χ3n) is 2.98. The van der Waals surface area contributed by atoms with E-state index in [1.54, 1.807) is 11.1 Å². The van der Waals surface area contributed by atoms with Crippen molar-refractivity contribution in [3.8, 4) is 0 Å². The van der Waals surface area contributed by atoms with E-state index >= 15 is 0 Å². The van der Waals surface area contributed by atoms with Crippen molar-refractivity contribution in [2.75, 3.05) is 26.3 Å². The van der Waals surface area contributed by atoms with Crippen LogP contribution in [0, 0.1) is 0 Å². The first-order valence-electron chi connectivity index (χ1n) is 5.75. The summed E-state index contributed by atoms with van der Waals surface area (Å²) in [6.07, 6.45) is 5.41. The van der Waals surface area contributed by atoms with Gasteiger partial charge in [-0.25, -0.2) is 4.98 Å². The summed E-state index contributed by atoms with van der Waals surface area (Å²) >= 11 is 3.42. The Morgan fingerprint density at radius 1 is 1.39 bits per heavy atom. The van der Waals surface area contributed by atoms with E-state index in [9.17, 15) is 4.79 Å². The Morgan fingerprint density at radius 3 is 2.94 bits per heavy atom. The van der Waals surface area contributed by atoms with Gasteiger partial charge in [-0.15, -0.1) is 0 Å². The Bertz CT molecular complexity index is 590. The van der Waals surface area contributed by atoms with Crippen molar-refractivity contribution in [2.45, 2.75) is 0 Å². The Hall–Kier alpha value is -1.40. The molecule has 5 nitrogen and oxygen atoms in total. The number of pyridine rings is 1. The highest BCUT2D eigenvalue weighted by atomic mass is 79.9. The first-order valence-corrected chi connectivity index (χ1v) is 6.54. The standard InChI is InChI=1S/C12H12BrN3O2/c13-9-7-10(11-14-1-2-16(11)8-9)12(17)15-3-5-18-6-4-15/h1-2,7-8H,3-6H2. The quantitative estimate of drug-likeness (QED) is 0.803. The molecule has 1 fully saturated rings. The summed E-state index contributed by atoms with van der Waals surface area (Å²) in [6, 6.07) is 1.82. The fraction of sp³-hybridized carbons (Fsp3) is 0.333. The van der Waals surface area contributed by atoms with E-state index in [1.807, 2.05) is 22.9 Å². The second-order valence-corrected chi connectivity index (χ2v) is 5.05. The van der Waals surface area contributed by atoms with Crippen molar-refractivity contribution in [3.63, 3.8) is 0 Å². The topological polar surface area (TPSA) is 46.8 Å². The van der Waals surface area contributed by atoms with Gasteiger partial charge in [-0.3, -0.25) is 4.79 Å². The van der Waals surface area contributed by atoms with Gasteiger partial charge in [0.05, 0.1) is 18.8 Å². The first kappa shape index (κ1) is 11.7. The van der Waals surface area contributed by atoms with Crippen molar-refractivity contribution in [1.29, 1.82) is 0 Å². The van der Waals surface area contributed by atoms with E-state index < -0.39 is 0 Å². The van der Waals surface area contributed by atoms with Crippen LogP contribution in [0.2, 0.25) is 0 Å². The van der Waals surface area contributed by atoms with E-state index in [-0.39, 0.29) is 5.91 Å². The zero-order chi connectivity index (χ0) is 12.5. The summed E-state index contributed by atoms with van der Waals surface area (Å²) in [5.41, 5.74) is 1.31. The second-order valence-electron chi connectivity index (χ2n) is 4.13. The highest BCUT2D eigenvalue weighted by Gasteiger charge is 2.21. The number of fused-ring (bicyclic) bond motifs is 1. The normalized spacial score (nSPS) is 16.2. The smallest absolute Gasteiger partial charge is 0.257 e. The number of imidazole rings is 1. The molecule has 0 aliphatic carbocycles. The molecule has 6 heteroatoms. The van der Waals surface area contributed by atoms with Gasteiger partial charge in [-0.05, 0) is 22.0 Å². The van der Waals surface area contributed by atoms with Gasteiger partial charge in [0.2, 0.25) is 0 Å². The number of hydrogen-bond donors (Lipinski definition) is 0. The van der Waals surface area contributed by atoms with Crippen molar-refractivity contribution in [2.24, 2.45) is 0 Å². The molecule has 1 aliphatic rings. The number of carbonyl (C=O) groups excluding carboxylic acids is 1. The van der Waals surface area contributed by atoms with Crippen LogP contribution in [0.4, 0.5) is 0 Å². The van der Waals surface area contributed by atoms with E-state index in [0.29, 0.717) is 37.5 Å². The molecule has 2 aromatic heterocycles. The fourth-order valence-corrected chi connectivity index (χ4v) is 2.54. The average molecular weight is 310 g/mol. The van der Waals surface area contributed by atoms with Crippen LogP contribution in [0.5, 0.6) is 0 Å². The van der Waals surface area contributed by atoms with Gasteiger partial charge in [0.25, 0.3) is 5.91 Å². The molecule has 0 N–H and O–H groups in total. The van der Waals surface area contributed by atoms with Gasteiger partial charge in [0.15, 0.2) is 0 Å². The monoisotopic (exact) mass is 309 g/mol. The molecule has 1 aliphatic heterocycles. The van der Waals surface area contributed by atoms with Crippen molar-refractivity contribution < 1.29 is 9.53 Å². The lowest BCUT2D eigenvalue weighted by Gasteiger charge is -2.27. The molecule has 0 saturated carbocycles. The minimum absolute atomic E-state index is 0.0100. The molecule has 0 aromatic carbocycles. The van der Waals surface area contributed by atoms with Crippen LogP contribution in [0.3, 0.4) is 0 Å². The van der Waals surface area contributed by atoms with Crippen LogP contribution in [-0.2, 0) is 4.74 Å². The molecule has 94 valence electrons. The Kier molecular flexibility index (Phi) is 3.05. The molecular weight excluding hydrogens is 298 g/mol. The summed E-state index contributed by atoms with van der Waals surface area (Å²) in [6.45, 7) is 2.48. The highest BCUT2D eigenvalue weighted by Crippen LogP contribution is 2.19. The number of nitrogens with zero attached hydrogens (tertiary/aromatic N) is 3. The molecular formula is C12H12BrN3O2. The number of aromatic nitrogens is 2. The maximum Gasteiger partial charge on any atom is 0.257 e. The molecule has 0 spiro atoms. The number of carbonyl (C=O) groups is 1. The average Bonchev–Trinajstić information content (AvgIpc) is 2.86. The lowest BCUT2D eigenvalue weighted by Crippen LogP contribution is -2.40. The molecule has 3 heterocycles. The highest BCUT2D eigenvalue weighted by molar-refractivity contribution is 9.10. The maximum atomic E-state index is 12.5. The maximum absolute atomic E-state index is 12.5. The zero-order valence-corrected chi connectivity index (χ0v) is 11.3. The summed E-state index contributed by atoms with van der Waals surface area (Å²) in [4.78, 5) is 18.5. The molecule has 2 aromatic rings. The summed E-state index contributed by atoms with van der Waals surface area (Å²) in [7, 11) is 0. The minimum atomic E-state index is 0.0100. The number of halogens is 1. The Morgan fingerprint density at radius 2 is 2.17 bits per heavy atom. The van der Waals surface area contributed by atoms with Crippen molar-refractivity contribution >= 4 is 27.5 Å². The molecule has 0 radical (unpaired) electrons. The molecule has 0 unspecified atom stereocenters. The third-order valence-corrected chi connectivity index (χ3v) is 3.42. The van der Waals surface area contributed by atoms with Crippen molar-refractivity contribution in [1.82, 2.24) is 14.3 Å². The summed E-state index contributed by atoms with van der Waals surface area (Å²) in [5.74, 6) is 0.0100. The van der Waals surface area contributed by atoms with Crippen LogP contribution in [0.1, 0.15) is 10.4 Å². The lowest BCUT2D eigenvalue weighted by atomic mass is 10.2. The van der Waals surface area contributed by atoms with E-state index in [4.69, 9.17) is 4.74 Å².